The van der Waals surface area contributed by atoms with Gasteiger partial charge < -0.3 is 10.2 Å². The standard InChI is InChI=1S/C16H23N5/c1-4-8-17-10-14-11-19-16(20-13(14)2)21(3)12-15-7-5-6-9-18-15/h5-7,9,11,17H,4,8,10,12H2,1-3H3. The van der Waals surface area contributed by atoms with Crippen molar-refractivity contribution in [1.29, 1.82) is 0 Å². The highest BCUT2D eigenvalue weighted by Gasteiger charge is 2.08. The van der Waals surface area contributed by atoms with Crippen LogP contribution in [-0.2, 0) is 13.1 Å². The zero-order valence-corrected chi connectivity index (χ0v) is 13.0. The molecule has 5 nitrogen and oxygen atoms in total. The van der Waals surface area contributed by atoms with Crippen molar-refractivity contribution in [1.82, 2.24) is 20.3 Å². The maximum Gasteiger partial charge on any atom is 0.225 e. The SMILES string of the molecule is CCCNCc1cnc(N(C)Cc2ccccn2)nc1C. The summed E-state index contributed by atoms with van der Waals surface area (Å²) in [6, 6.07) is 5.92. The number of rotatable bonds is 7. The Hall–Kier alpha value is -2.01. The molecule has 1 N–H and O–H groups in total. The van der Waals surface area contributed by atoms with Crippen LogP contribution < -0.4 is 10.2 Å². The topological polar surface area (TPSA) is 53.9 Å². The van der Waals surface area contributed by atoms with Crippen LogP contribution in [0.3, 0.4) is 0 Å². The summed E-state index contributed by atoms with van der Waals surface area (Å²) in [6.07, 6.45) is 4.85. The Balaban J connectivity index is 2.01. The van der Waals surface area contributed by atoms with Crippen molar-refractivity contribution in [3.8, 4) is 0 Å². The first-order valence-electron chi connectivity index (χ1n) is 7.35. The summed E-state index contributed by atoms with van der Waals surface area (Å²) in [5.74, 6) is 0.734. The Morgan fingerprint density at radius 2 is 2.10 bits per heavy atom. The second kappa shape index (κ2) is 7.69. The highest BCUT2D eigenvalue weighted by Crippen LogP contribution is 2.12. The third-order valence-corrected chi connectivity index (χ3v) is 3.28. The minimum Gasteiger partial charge on any atom is -0.338 e. The van der Waals surface area contributed by atoms with E-state index < -0.39 is 0 Å². The molecule has 0 bridgehead atoms. The number of pyridine rings is 1. The normalized spacial score (nSPS) is 10.6. The van der Waals surface area contributed by atoms with E-state index >= 15 is 0 Å². The van der Waals surface area contributed by atoms with Gasteiger partial charge in [0.1, 0.15) is 0 Å². The smallest absolute Gasteiger partial charge is 0.225 e. The first kappa shape index (κ1) is 15.4. The maximum absolute atomic E-state index is 4.59. The Kier molecular flexibility index (Phi) is 5.63. The van der Waals surface area contributed by atoms with E-state index in [0.29, 0.717) is 6.54 Å². The van der Waals surface area contributed by atoms with E-state index in [0.717, 1.165) is 42.4 Å². The predicted molar refractivity (Wildman–Crippen MR) is 85.1 cm³/mol. The Morgan fingerprint density at radius 3 is 2.76 bits per heavy atom. The number of nitrogens with one attached hydrogen (secondary N) is 1. The van der Waals surface area contributed by atoms with Crippen LogP contribution >= 0.6 is 0 Å². The van der Waals surface area contributed by atoms with E-state index in [2.05, 4.69) is 27.2 Å². The number of hydrogen-bond acceptors (Lipinski definition) is 5. The van der Waals surface area contributed by atoms with Gasteiger partial charge in [-0.2, -0.15) is 0 Å². The third kappa shape index (κ3) is 4.49. The van der Waals surface area contributed by atoms with Crippen LogP contribution in [-0.4, -0.2) is 28.5 Å². The van der Waals surface area contributed by atoms with E-state index in [1.807, 2.05) is 43.3 Å². The van der Waals surface area contributed by atoms with Gasteiger partial charge in [0.2, 0.25) is 5.95 Å². The van der Waals surface area contributed by atoms with E-state index in [1.54, 1.807) is 6.20 Å². The summed E-state index contributed by atoms with van der Waals surface area (Å²) in [5, 5.41) is 3.38. The molecule has 0 atom stereocenters. The summed E-state index contributed by atoms with van der Waals surface area (Å²) in [4.78, 5) is 15.4. The van der Waals surface area contributed by atoms with Crippen molar-refractivity contribution >= 4 is 5.95 Å². The molecule has 5 heteroatoms. The fourth-order valence-corrected chi connectivity index (χ4v) is 2.04. The molecule has 0 radical (unpaired) electrons. The molecule has 2 rings (SSSR count). The predicted octanol–water partition coefficient (Wildman–Crippen LogP) is 2.32. The van der Waals surface area contributed by atoms with Gasteiger partial charge in [-0.25, -0.2) is 9.97 Å². The van der Waals surface area contributed by atoms with Crippen LogP contribution in [0.1, 0.15) is 30.3 Å². The lowest BCUT2D eigenvalue weighted by Crippen LogP contribution is -2.21. The lowest BCUT2D eigenvalue weighted by Gasteiger charge is -2.17. The van der Waals surface area contributed by atoms with Crippen LogP contribution in [0.4, 0.5) is 5.95 Å². The van der Waals surface area contributed by atoms with Gasteiger partial charge in [0.05, 0.1) is 12.2 Å². The summed E-state index contributed by atoms with van der Waals surface area (Å²) in [7, 11) is 1.98. The van der Waals surface area contributed by atoms with Gasteiger partial charge in [-0.3, -0.25) is 4.98 Å². The molecule has 2 aromatic rings. The molecule has 2 aromatic heterocycles. The number of aromatic nitrogens is 3. The van der Waals surface area contributed by atoms with Gasteiger partial charge in [0, 0.05) is 37.2 Å². The van der Waals surface area contributed by atoms with E-state index in [9.17, 15) is 0 Å². The van der Waals surface area contributed by atoms with Crippen molar-refractivity contribution in [2.75, 3.05) is 18.5 Å². The molecule has 2 heterocycles. The minimum atomic E-state index is 0.702. The molecular weight excluding hydrogens is 262 g/mol. The molecular formula is C16H23N5. The van der Waals surface area contributed by atoms with Gasteiger partial charge in [-0.1, -0.05) is 13.0 Å². The summed E-state index contributed by atoms with van der Waals surface area (Å²) in [5.41, 5.74) is 3.19. The lowest BCUT2D eigenvalue weighted by molar-refractivity contribution is 0.667. The van der Waals surface area contributed by atoms with Crippen LogP contribution in [0.15, 0.2) is 30.6 Å². The fraction of sp³-hybridized carbons (Fsp3) is 0.438. The highest BCUT2D eigenvalue weighted by molar-refractivity contribution is 5.32. The maximum atomic E-state index is 4.59. The second-order valence-corrected chi connectivity index (χ2v) is 5.13. The average Bonchev–Trinajstić information content (AvgIpc) is 2.50. The van der Waals surface area contributed by atoms with Gasteiger partial charge in [0.25, 0.3) is 0 Å². The van der Waals surface area contributed by atoms with Crippen molar-refractivity contribution in [2.24, 2.45) is 0 Å². The molecule has 0 unspecified atom stereocenters. The minimum absolute atomic E-state index is 0.702. The lowest BCUT2D eigenvalue weighted by atomic mass is 10.2. The number of nitrogens with zero attached hydrogens (tertiary/aromatic N) is 4. The Bertz CT molecular complexity index is 556. The van der Waals surface area contributed by atoms with Crippen LogP contribution in [0.25, 0.3) is 0 Å². The highest BCUT2D eigenvalue weighted by atomic mass is 15.2. The van der Waals surface area contributed by atoms with E-state index in [1.165, 1.54) is 0 Å². The quantitative estimate of drug-likeness (QED) is 0.791. The molecule has 0 saturated heterocycles. The van der Waals surface area contributed by atoms with Gasteiger partial charge >= 0.3 is 0 Å². The number of aryl methyl sites for hydroxylation is 1. The molecule has 112 valence electrons. The van der Waals surface area contributed by atoms with Crippen molar-refractivity contribution < 1.29 is 0 Å². The summed E-state index contributed by atoms with van der Waals surface area (Å²) < 4.78 is 0. The number of hydrogen-bond donors (Lipinski definition) is 1. The van der Waals surface area contributed by atoms with Crippen molar-refractivity contribution in [2.45, 2.75) is 33.4 Å². The van der Waals surface area contributed by atoms with Gasteiger partial charge in [-0.15, -0.1) is 0 Å². The number of anilines is 1. The zero-order chi connectivity index (χ0) is 15.1. The van der Waals surface area contributed by atoms with Crippen molar-refractivity contribution in [3.63, 3.8) is 0 Å². The molecule has 0 fully saturated rings. The van der Waals surface area contributed by atoms with Crippen LogP contribution in [0, 0.1) is 6.92 Å². The van der Waals surface area contributed by atoms with Gasteiger partial charge in [0.15, 0.2) is 0 Å². The first-order chi connectivity index (χ1) is 10.2. The molecule has 0 saturated carbocycles. The first-order valence-corrected chi connectivity index (χ1v) is 7.35. The largest absolute Gasteiger partial charge is 0.338 e. The summed E-state index contributed by atoms with van der Waals surface area (Å²) >= 11 is 0. The summed E-state index contributed by atoms with van der Waals surface area (Å²) in [6.45, 7) is 6.73. The Morgan fingerprint density at radius 1 is 1.24 bits per heavy atom. The molecule has 21 heavy (non-hydrogen) atoms. The molecule has 0 aliphatic carbocycles. The van der Waals surface area contributed by atoms with Gasteiger partial charge in [-0.05, 0) is 32.0 Å². The monoisotopic (exact) mass is 285 g/mol. The molecule has 0 amide bonds. The second-order valence-electron chi connectivity index (χ2n) is 5.13. The third-order valence-electron chi connectivity index (χ3n) is 3.28. The van der Waals surface area contributed by atoms with E-state index in [4.69, 9.17) is 0 Å². The molecule has 0 aliphatic rings. The molecule has 0 aromatic carbocycles. The zero-order valence-electron chi connectivity index (χ0n) is 13.0. The van der Waals surface area contributed by atoms with Crippen molar-refractivity contribution in [3.05, 3.63) is 47.5 Å². The fourth-order valence-electron chi connectivity index (χ4n) is 2.04. The molecule has 0 spiro atoms. The van der Waals surface area contributed by atoms with Crippen LogP contribution in [0.5, 0.6) is 0 Å². The molecule has 0 aliphatic heterocycles. The van der Waals surface area contributed by atoms with Crippen LogP contribution in [0.2, 0.25) is 0 Å². The Labute approximate surface area is 126 Å². The average molecular weight is 285 g/mol. The van der Waals surface area contributed by atoms with E-state index in [-0.39, 0.29) is 0 Å².